The van der Waals surface area contributed by atoms with E-state index in [9.17, 15) is 0 Å². The normalized spacial score (nSPS) is 15.8. The second-order valence-corrected chi connectivity index (χ2v) is 4.59. The largest absolute Gasteiger partial charge is 0.399 e. The molecule has 0 amide bonds. The van der Waals surface area contributed by atoms with Gasteiger partial charge in [0, 0.05) is 11.6 Å². The first-order valence-corrected chi connectivity index (χ1v) is 5.98. The molecule has 0 bridgehead atoms. The fourth-order valence-corrected chi connectivity index (χ4v) is 1.98. The van der Waals surface area contributed by atoms with Crippen LogP contribution in [0.2, 0.25) is 0 Å². The lowest BCUT2D eigenvalue weighted by Gasteiger charge is -2.20. The topological polar surface area (TPSA) is 64.9 Å². The van der Waals surface area contributed by atoms with Crippen molar-refractivity contribution in [2.45, 2.75) is 31.6 Å². The minimum Gasteiger partial charge on any atom is -0.399 e. The van der Waals surface area contributed by atoms with E-state index in [0.717, 1.165) is 17.1 Å². The molecule has 2 N–H and O–H groups in total. The third-order valence-electron chi connectivity index (χ3n) is 3.29. The van der Waals surface area contributed by atoms with E-state index in [4.69, 9.17) is 10.3 Å². The molecule has 0 aliphatic heterocycles. The highest BCUT2D eigenvalue weighted by atomic mass is 16.5. The Kier molecular flexibility index (Phi) is 2.55. The van der Waals surface area contributed by atoms with Crippen molar-refractivity contribution in [3.8, 4) is 0 Å². The molecule has 88 valence electrons. The molecule has 17 heavy (non-hydrogen) atoms. The fraction of sp³-hybridized carbons (Fsp3) is 0.385. The number of aromatic nitrogens is 2. The van der Waals surface area contributed by atoms with Crippen LogP contribution in [0.3, 0.4) is 0 Å². The van der Waals surface area contributed by atoms with Gasteiger partial charge in [0.2, 0.25) is 5.89 Å². The van der Waals surface area contributed by atoms with Crippen molar-refractivity contribution in [2.75, 3.05) is 5.73 Å². The van der Waals surface area contributed by atoms with E-state index >= 15 is 0 Å². The van der Waals surface area contributed by atoms with Crippen LogP contribution in [-0.4, -0.2) is 10.1 Å². The maximum atomic E-state index is 5.64. The summed E-state index contributed by atoms with van der Waals surface area (Å²) >= 11 is 0. The van der Waals surface area contributed by atoms with Crippen LogP contribution in [0.1, 0.15) is 42.5 Å². The van der Waals surface area contributed by atoms with E-state index in [2.05, 4.69) is 10.1 Å². The van der Waals surface area contributed by atoms with E-state index in [1.165, 1.54) is 19.3 Å². The Hall–Kier alpha value is -1.84. The maximum absolute atomic E-state index is 5.64. The third-order valence-corrected chi connectivity index (χ3v) is 3.29. The van der Waals surface area contributed by atoms with Crippen molar-refractivity contribution in [3.05, 3.63) is 41.5 Å². The fourth-order valence-electron chi connectivity index (χ4n) is 1.98. The molecule has 0 spiro atoms. The summed E-state index contributed by atoms with van der Waals surface area (Å²) in [5, 5.41) is 4.04. The lowest BCUT2D eigenvalue weighted by atomic mass is 9.85. The molecule has 4 nitrogen and oxygen atoms in total. The number of hydrogen-bond donors (Lipinski definition) is 1. The van der Waals surface area contributed by atoms with Crippen molar-refractivity contribution >= 4 is 5.69 Å². The molecule has 1 aromatic carbocycles. The van der Waals surface area contributed by atoms with Gasteiger partial charge in [-0.1, -0.05) is 23.7 Å². The van der Waals surface area contributed by atoms with Crippen LogP contribution in [0.5, 0.6) is 0 Å². The lowest BCUT2D eigenvalue weighted by molar-refractivity contribution is 0.350. The Morgan fingerprint density at radius 3 is 2.65 bits per heavy atom. The minimum absolute atomic E-state index is 0.527. The van der Waals surface area contributed by atoms with Crippen molar-refractivity contribution in [2.24, 2.45) is 0 Å². The highest BCUT2D eigenvalue weighted by molar-refractivity contribution is 5.39. The molecule has 0 unspecified atom stereocenters. The zero-order valence-corrected chi connectivity index (χ0v) is 9.60. The molecule has 3 rings (SSSR count). The molecule has 0 radical (unpaired) electrons. The van der Waals surface area contributed by atoms with Crippen molar-refractivity contribution in [1.29, 1.82) is 0 Å². The summed E-state index contributed by atoms with van der Waals surface area (Å²) in [5.74, 6) is 2.09. The van der Waals surface area contributed by atoms with Crippen molar-refractivity contribution < 1.29 is 4.52 Å². The highest BCUT2D eigenvalue weighted by Crippen LogP contribution is 2.34. The van der Waals surface area contributed by atoms with Gasteiger partial charge in [0.05, 0.1) is 6.42 Å². The van der Waals surface area contributed by atoms with E-state index in [1.54, 1.807) is 0 Å². The first-order valence-electron chi connectivity index (χ1n) is 5.98. The molecule has 0 saturated heterocycles. The van der Waals surface area contributed by atoms with Crippen LogP contribution in [0.15, 0.2) is 28.8 Å². The predicted octanol–water partition coefficient (Wildman–Crippen LogP) is 2.51. The van der Waals surface area contributed by atoms with Crippen LogP contribution in [-0.2, 0) is 6.42 Å². The lowest BCUT2D eigenvalue weighted by Crippen LogP contribution is -2.10. The smallest absolute Gasteiger partial charge is 0.231 e. The van der Waals surface area contributed by atoms with Gasteiger partial charge in [-0.3, -0.25) is 0 Å². The summed E-state index contributed by atoms with van der Waals surface area (Å²) < 4.78 is 5.26. The second-order valence-electron chi connectivity index (χ2n) is 4.59. The first kappa shape index (κ1) is 10.3. The van der Waals surface area contributed by atoms with Crippen LogP contribution in [0, 0.1) is 0 Å². The van der Waals surface area contributed by atoms with Crippen LogP contribution in [0.25, 0.3) is 0 Å². The van der Waals surface area contributed by atoms with Gasteiger partial charge < -0.3 is 10.3 Å². The average Bonchev–Trinajstić information content (AvgIpc) is 2.67. The quantitative estimate of drug-likeness (QED) is 0.821. The van der Waals surface area contributed by atoms with Gasteiger partial charge in [0.15, 0.2) is 5.82 Å². The van der Waals surface area contributed by atoms with Gasteiger partial charge in [0.1, 0.15) is 0 Å². The molecule has 2 aromatic rings. The number of nitrogen functional groups attached to an aromatic ring is 1. The van der Waals surface area contributed by atoms with Crippen LogP contribution >= 0.6 is 0 Å². The summed E-state index contributed by atoms with van der Waals surface area (Å²) in [4.78, 5) is 4.44. The Bertz CT molecular complexity index is 500. The summed E-state index contributed by atoms with van der Waals surface area (Å²) in [6, 6.07) is 7.75. The van der Waals surface area contributed by atoms with Crippen molar-refractivity contribution in [3.63, 3.8) is 0 Å². The van der Waals surface area contributed by atoms with Gasteiger partial charge in [0.25, 0.3) is 0 Å². The monoisotopic (exact) mass is 229 g/mol. The molecule has 1 aromatic heterocycles. The van der Waals surface area contributed by atoms with Crippen LogP contribution in [0.4, 0.5) is 5.69 Å². The second kappa shape index (κ2) is 4.20. The minimum atomic E-state index is 0.527. The van der Waals surface area contributed by atoms with Crippen LogP contribution < -0.4 is 5.73 Å². The van der Waals surface area contributed by atoms with Gasteiger partial charge in [-0.25, -0.2) is 0 Å². The van der Waals surface area contributed by atoms with E-state index in [1.807, 2.05) is 24.3 Å². The highest BCUT2D eigenvalue weighted by Gasteiger charge is 2.24. The summed E-state index contributed by atoms with van der Waals surface area (Å²) in [7, 11) is 0. The number of nitrogens with zero attached hydrogens (tertiary/aromatic N) is 2. The summed E-state index contributed by atoms with van der Waals surface area (Å²) in [6.45, 7) is 0. The van der Waals surface area contributed by atoms with Gasteiger partial charge in [-0.15, -0.1) is 0 Å². The number of rotatable bonds is 3. The van der Waals surface area contributed by atoms with E-state index < -0.39 is 0 Å². The maximum Gasteiger partial charge on any atom is 0.231 e. The predicted molar refractivity (Wildman–Crippen MR) is 64.6 cm³/mol. The van der Waals surface area contributed by atoms with Gasteiger partial charge >= 0.3 is 0 Å². The molecule has 1 fully saturated rings. The SMILES string of the molecule is Nc1ccc(Cc2nc(C3CCC3)no2)cc1. The summed E-state index contributed by atoms with van der Waals surface area (Å²) in [5.41, 5.74) is 7.55. The molecule has 1 heterocycles. The molecule has 4 heteroatoms. The average molecular weight is 229 g/mol. The molecule has 0 atom stereocenters. The summed E-state index contributed by atoms with van der Waals surface area (Å²) in [6.07, 6.45) is 4.36. The molecule has 1 aliphatic carbocycles. The van der Waals surface area contributed by atoms with Gasteiger partial charge in [-0.2, -0.15) is 4.98 Å². The molecular weight excluding hydrogens is 214 g/mol. The third kappa shape index (κ3) is 2.16. The van der Waals surface area contributed by atoms with E-state index in [-0.39, 0.29) is 0 Å². The Morgan fingerprint density at radius 1 is 1.24 bits per heavy atom. The zero-order valence-electron chi connectivity index (χ0n) is 9.60. The number of nitrogens with two attached hydrogens (primary N) is 1. The Morgan fingerprint density at radius 2 is 2.00 bits per heavy atom. The molecule has 1 saturated carbocycles. The zero-order chi connectivity index (χ0) is 11.7. The Balaban J connectivity index is 1.72. The first-order chi connectivity index (χ1) is 8.31. The molecule has 1 aliphatic rings. The number of benzene rings is 1. The van der Waals surface area contributed by atoms with Gasteiger partial charge in [-0.05, 0) is 30.5 Å². The molecular formula is C13H15N3O. The number of anilines is 1. The number of hydrogen-bond acceptors (Lipinski definition) is 4. The standard InChI is InChI=1S/C13H15N3O/c14-11-6-4-9(5-7-11)8-12-15-13(16-17-12)10-2-1-3-10/h4-7,10H,1-3,8,14H2. The Labute approximate surface area is 99.8 Å². The van der Waals surface area contributed by atoms with Crippen molar-refractivity contribution in [1.82, 2.24) is 10.1 Å². The van der Waals surface area contributed by atoms with E-state index in [0.29, 0.717) is 18.2 Å².